The first-order valence-corrected chi connectivity index (χ1v) is 17.2. The number of nitrogens with one attached hydrogen (secondary N) is 1. The SMILES string of the molecule is COCCN1CCC(N(Cc2ccc(-c3ccc(C(F)(F)F)cc3)cc2)C(=O)Cc2c(CCc3cccc(F)c3F)[nH]c3ncccc3c2=O)CC1. The lowest BCUT2D eigenvalue weighted by Crippen LogP contribution is -2.48. The summed E-state index contributed by atoms with van der Waals surface area (Å²) < 4.78 is 73.1. The summed E-state index contributed by atoms with van der Waals surface area (Å²) in [4.78, 5) is 39.9. The molecule has 0 spiro atoms. The number of rotatable bonds is 12. The van der Waals surface area contributed by atoms with Crippen molar-refractivity contribution in [2.24, 2.45) is 0 Å². The molecule has 3 heterocycles. The summed E-state index contributed by atoms with van der Waals surface area (Å²) in [5.74, 6) is -2.17. The number of hydrogen-bond donors (Lipinski definition) is 1. The molecule has 0 atom stereocenters. The number of carbonyl (C=O) groups is 1. The molecule has 1 amide bonds. The minimum Gasteiger partial charge on any atom is -0.383 e. The van der Waals surface area contributed by atoms with Gasteiger partial charge in [-0.15, -0.1) is 0 Å². The normalized spacial score (nSPS) is 14.2. The number of aryl methyl sites for hydroxylation is 2. The summed E-state index contributed by atoms with van der Waals surface area (Å²) in [5, 5.41) is 0.322. The Morgan fingerprint density at radius 3 is 2.31 bits per heavy atom. The van der Waals surface area contributed by atoms with E-state index in [0.717, 1.165) is 49.0 Å². The molecule has 2 aromatic heterocycles. The molecule has 12 heteroatoms. The summed E-state index contributed by atoms with van der Waals surface area (Å²) >= 11 is 0. The highest BCUT2D eigenvalue weighted by molar-refractivity contribution is 5.82. The third-order valence-electron chi connectivity index (χ3n) is 9.75. The molecule has 3 aromatic carbocycles. The number of carbonyl (C=O) groups excluding carboxylic acids is 1. The van der Waals surface area contributed by atoms with Crippen LogP contribution in [-0.2, 0) is 41.5 Å². The largest absolute Gasteiger partial charge is 0.416 e. The van der Waals surface area contributed by atoms with Crippen molar-refractivity contribution in [1.29, 1.82) is 0 Å². The number of pyridine rings is 2. The number of halogens is 5. The van der Waals surface area contributed by atoms with Gasteiger partial charge in [0.25, 0.3) is 0 Å². The Hall–Kier alpha value is -4.94. The Balaban J connectivity index is 1.28. The van der Waals surface area contributed by atoms with Crippen molar-refractivity contribution in [1.82, 2.24) is 19.8 Å². The Kier molecular flexibility index (Phi) is 11.5. The molecule has 52 heavy (non-hydrogen) atoms. The molecule has 7 nitrogen and oxygen atoms in total. The highest BCUT2D eigenvalue weighted by Crippen LogP contribution is 2.31. The third-order valence-corrected chi connectivity index (χ3v) is 9.75. The van der Waals surface area contributed by atoms with Gasteiger partial charge in [0.1, 0.15) is 5.65 Å². The van der Waals surface area contributed by atoms with Gasteiger partial charge in [0.05, 0.1) is 24.0 Å². The molecule has 0 saturated carbocycles. The lowest BCUT2D eigenvalue weighted by Gasteiger charge is -2.39. The zero-order valence-corrected chi connectivity index (χ0v) is 28.7. The standard InChI is InChI=1S/C40H39F5N4O3/c1-52-23-22-48-20-17-31(18-21-48)49(25-26-7-9-27(10-8-26)28-11-14-30(15-12-28)40(43,44)45)36(50)24-33-35(16-13-29-4-2-6-34(41)37(29)42)47-39-32(38(33)51)5-3-19-46-39/h2-12,14-15,19,31H,13,16-18,20-25H2,1H3,(H,46,47,51). The van der Waals surface area contributed by atoms with Gasteiger partial charge in [0, 0.05) is 56.8 Å². The molecule has 0 unspecified atom stereocenters. The van der Waals surface area contributed by atoms with Crippen molar-refractivity contribution in [2.75, 3.05) is 33.4 Å². The van der Waals surface area contributed by atoms with Gasteiger partial charge >= 0.3 is 6.18 Å². The fraction of sp³-hybridized carbons (Fsp3) is 0.325. The number of methoxy groups -OCH3 is 1. The van der Waals surface area contributed by atoms with Gasteiger partial charge in [0.2, 0.25) is 5.91 Å². The summed E-state index contributed by atoms with van der Waals surface area (Å²) in [5.41, 5.74) is 2.30. The Morgan fingerprint density at radius 2 is 1.63 bits per heavy atom. The molecule has 0 bridgehead atoms. The van der Waals surface area contributed by atoms with E-state index >= 15 is 0 Å². The molecule has 1 aliphatic heterocycles. The molecule has 1 aliphatic rings. The number of nitrogens with zero attached hydrogens (tertiary/aromatic N) is 3. The number of fused-ring (bicyclic) bond motifs is 1. The molecule has 1 saturated heterocycles. The highest BCUT2D eigenvalue weighted by Gasteiger charge is 2.31. The topological polar surface area (TPSA) is 78.5 Å². The lowest BCUT2D eigenvalue weighted by molar-refractivity contribution is -0.137. The maximum Gasteiger partial charge on any atom is 0.416 e. The van der Waals surface area contributed by atoms with Crippen LogP contribution in [0.15, 0.2) is 89.9 Å². The molecule has 0 radical (unpaired) electrons. The monoisotopic (exact) mass is 718 g/mol. The first-order valence-electron chi connectivity index (χ1n) is 17.2. The first-order chi connectivity index (χ1) is 25.0. The number of benzene rings is 3. The van der Waals surface area contributed by atoms with Gasteiger partial charge in [-0.05, 0) is 78.3 Å². The van der Waals surface area contributed by atoms with Crippen LogP contribution in [0.2, 0.25) is 0 Å². The first kappa shape index (κ1) is 36.8. The van der Waals surface area contributed by atoms with Crippen molar-refractivity contribution in [2.45, 2.75) is 50.9 Å². The number of H-pyrrole nitrogens is 1. The number of amides is 1. The van der Waals surface area contributed by atoms with Crippen LogP contribution in [0.25, 0.3) is 22.2 Å². The molecule has 0 aliphatic carbocycles. The molecular weight excluding hydrogens is 679 g/mol. The van der Waals surface area contributed by atoms with E-state index in [4.69, 9.17) is 4.74 Å². The number of alkyl halides is 3. The van der Waals surface area contributed by atoms with E-state index in [-0.39, 0.29) is 54.3 Å². The Labute approximate surface area is 298 Å². The summed E-state index contributed by atoms with van der Waals surface area (Å²) in [6, 6.07) is 19.4. The Morgan fingerprint density at radius 1 is 0.942 bits per heavy atom. The average molecular weight is 719 g/mol. The fourth-order valence-corrected chi connectivity index (χ4v) is 6.81. The molecule has 272 valence electrons. The number of ether oxygens (including phenoxy) is 1. The zero-order valence-electron chi connectivity index (χ0n) is 28.7. The van der Waals surface area contributed by atoms with Crippen molar-refractivity contribution < 1.29 is 31.5 Å². The Bertz CT molecular complexity index is 2060. The molecule has 1 fully saturated rings. The number of likely N-dealkylation sites (tertiary alicyclic amines) is 1. The fourth-order valence-electron chi connectivity index (χ4n) is 6.81. The summed E-state index contributed by atoms with van der Waals surface area (Å²) in [6.45, 7) is 3.15. The zero-order chi connectivity index (χ0) is 36.8. The lowest BCUT2D eigenvalue weighted by atomic mass is 9.97. The maximum absolute atomic E-state index is 14.6. The van der Waals surface area contributed by atoms with E-state index in [2.05, 4.69) is 14.9 Å². The minimum absolute atomic E-state index is 0.0913. The van der Waals surface area contributed by atoms with Crippen LogP contribution in [0.5, 0.6) is 0 Å². The van der Waals surface area contributed by atoms with Gasteiger partial charge < -0.3 is 19.5 Å². The van der Waals surface area contributed by atoms with Crippen molar-refractivity contribution in [3.05, 3.63) is 135 Å². The van der Waals surface area contributed by atoms with Crippen LogP contribution in [0.3, 0.4) is 0 Å². The molecule has 1 N–H and O–H groups in total. The van der Waals surface area contributed by atoms with Crippen molar-refractivity contribution >= 4 is 16.9 Å². The van der Waals surface area contributed by atoms with Gasteiger partial charge in [-0.25, -0.2) is 13.8 Å². The number of aromatic nitrogens is 2. The average Bonchev–Trinajstić information content (AvgIpc) is 3.15. The van der Waals surface area contributed by atoms with Gasteiger partial charge in [-0.1, -0.05) is 48.5 Å². The number of piperidine rings is 1. The van der Waals surface area contributed by atoms with Gasteiger partial charge in [-0.2, -0.15) is 13.2 Å². The maximum atomic E-state index is 14.6. The smallest absolute Gasteiger partial charge is 0.383 e. The van der Waals surface area contributed by atoms with E-state index in [9.17, 15) is 31.5 Å². The van der Waals surface area contributed by atoms with Crippen LogP contribution < -0.4 is 5.43 Å². The van der Waals surface area contributed by atoms with Crippen LogP contribution >= 0.6 is 0 Å². The minimum atomic E-state index is -4.42. The van der Waals surface area contributed by atoms with Gasteiger partial charge in [0.15, 0.2) is 17.1 Å². The number of aromatic amines is 1. The second-order valence-corrected chi connectivity index (χ2v) is 13.1. The van der Waals surface area contributed by atoms with E-state index in [0.29, 0.717) is 41.7 Å². The van der Waals surface area contributed by atoms with Crippen LogP contribution in [-0.4, -0.2) is 65.1 Å². The summed E-state index contributed by atoms with van der Waals surface area (Å²) in [7, 11) is 1.66. The van der Waals surface area contributed by atoms with Crippen LogP contribution in [0, 0.1) is 11.6 Å². The van der Waals surface area contributed by atoms with Crippen LogP contribution in [0.1, 0.15) is 40.8 Å². The van der Waals surface area contributed by atoms with E-state index in [1.165, 1.54) is 24.3 Å². The van der Waals surface area contributed by atoms with E-state index < -0.39 is 23.4 Å². The highest BCUT2D eigenvalue weighted by atomic mass is 19.4. The van der Waals surface area contributed by atoms with Gasteiger partial charge in [-0.3, -0.25) is 9.59 Å². The van der Waals surface area contributed by atoms with Crippen molar-refractivity contribution in [3.63, 3.8) is 0 Å². The van der Waals surface area contributed by atoms with Crippen LogP contribution in [0.4, 0.5) is 22.0 Å². The molecule has 5 aromatic rings. The van der Waals surface area contributed by atoms with E-state index in [1.807, 2.05) is 29.2 Å². The second-order valence-electron chi connectivity index (χ2n) is 13.1. The number of hydrogen-bond acceptors (Lipinski definition) is 5. The third kappa shape index (κ3) is 8.56. The quantitative estimate of drug-likeness (QED) is 0.137. The second kappa shape index (κ2) is 16.2. The predicted molar refractivity (Wildman–Crippen MR) is 189 cm³/mol. The molecular formula is C40H39F5N4O3. The molecule has 6 rings (SSSR count). The van der Waals surface area contributed by atoms with E-state index in [1.54, 1.807) is 25.4 Å². The predicted octanol–water partition coefficient (Wildman–Crippen LogP) is 7.35. The van der Waals surface area contributed by atoms with Crippen molar-refractivity contribution in [3.8, 4) is 11.1 Å². The summed E-state index contributed by atoms with van der Waals surface area (Å²) in [6.07, 6.45) is -1.43.